The molecule has 0 radical (unpaired) electrons. The van der Waals surface area contributed by atoms with Gasteiger partial charge >= 0.3 is 0 Å². The lowest BCUT2D eigenvalue weighted by molar-refractivity contribution is -0.118. The quantitative estimate of drug-likeness (QED) is 0.331. The van der Waals surface area contributed by atoms with E-state index < -0.39 is 0 Å². The average Bonchev–Trinajstić information content (AvgIpc) is 3.22. The van der Waals surface area contributed by atoms with Crippen molar-refractivity contribution < 1.29 is 13.9 Å². The summed E-state index contributed by atoms with van der Waals surface area (Å²) in [6, 6.07) is 18.8. The Bertz CT molecular complexity index is 1270. The molecule has 0 saturated heterocycles. The molecule has 6 heteroatoms. The van der Waals surface area contributed by atoms with Crippen LogP contribution >= 0.6 is 11.6 Å². The zero-order chi connectivity index (χ0) is 22.7. The third kappa shape index (κ3) is 4.78. The second-order valence-corrected chi connectivity index (χ2v) is 8.26. The first-order chi connectivity index (χ1) is 15.4. The van der Waals surface area contributed by atoms with E-state index in [2.05, 4.69) is 36.3 Å². The molecule has 164 valence electrons. The summed E-state index contributed by atoms with van der Waals surface area (Å²) in [6.07, 6.45) is 1.05. The van der Waals surface area contributed by atoms with Crippen LogP contribution in [0.15, 0.2) is 65.1 Å². The van der Waals surface area contributed by atoms with Crippen molar-refractivity contribution in [1.82, 2.24) is 4.98 Å². The third-order valence-electron chi connectivity index (χ3n) is 5.53. The number of carbonyl (C=O) groups excluding carboxylic acids is 1. The van der Waals surface area contributed by atoms with Gasteiger partial charge in [-0.3, -0.25) is 4.79 Å². The fourth-order valence-electron chi connectivity index (χ4n) is 3.43. The van der Waals surface area contributed by atoms with Gasteiger partial charge in [-0.05, 0) is 66.8 Å². The van der Waals surface area contributed by atoms with Crippen LogP contribution < -0.4 is 10.1 Å². The van der Waals surface area contributed by atoms with Gasteiger partial charge in [0.25, 0.3) is 5.91 Å². The summed E-state index contributed by atoms with van der Waals surface area (Å²) < 4.78 is 11.6. The summed E-state index contributed by atoms with van der Waals surface area (Å²) >= 11 is 6.42. The van der Waals surface area contributed by atoms with Crippen molar-refractivity contribution in [3.05, 3.63) is 76.8 Å². The van der Waals surface area contributed by atoms with E-state index in [1.165, 1.54) is 5.56 Å². The molecule has 1 atom stereocenters. The minimum atomic E-state index is -0.266. The van der Waals surface area contributed by atoms with E-state index in [1.54, 1.807) is 18.2 Å². The molecular weight excluding hydrogens is 424 g/mol. The number of oxazole rings is 1. The van der Waals surface area contributed by atoms with E-state index in [1.807, 2.05) is 37.3 Å². The number of carbonyl (C=O) groups is 1. The number of hydrogen-bond donors (Lipinski definition) is 1. The predicted octanol–water partition coefficient (Wildman–Crippen LogP) is 6.99. The fraction of sp³-hybridized carbons (Fsp3) is 0.231. The lowest BCUT2D eigenvalue weighted by Crippen LogP contribution is -2.20. The molecule has 1 amide bonds. The Morgan fingerprint density at radius 2 is 1.97 bits per heavy atom. The number of nitrogens with one attached hydrogen (secondary N) is 1. The first-order valence-electron chi connectivity index (χ1n) is 10.6. The largest absolute Gasteiger partial charge is 0.483 e. The molecule has 0 unspecified atom stereocenters. The minimum absolute atomic E-state index is 0.0932. The first kappa shape index (κ1) is 21.9. The van der Waals surface area contributed by atoms with Crippen LogP contribution in [0.2, 0.25) is 5.02 Å². The second-order valence-electron chi connectivity index (χ2n) is 7.85. The Morgan fingerprint density at radius 3 is 2.75 bits per heavy atom. The third-order valence-corrected chi connectivity index (χ3v) is 5.86. The van der Waals surface area contributed by atoms with Crippen LogP contribution in [0.1, 0.15) is 37.3 Å². The molecule has 0 aliphatic carbocycles. The normalized spacial score (nSPS) is 12.0. The van der Waals surface area contributed by atoms with Crippen molar-refractivity contribution in [3.8, 4) is 17.2 Å². The number of aryl methyl sites for hydroxylation is 1. The molecule has 0 saturated carbocycles. The van der Waals surface area contributed by atoms with Crippen molar-refractivity contribution in [2.75, 3.05) is 11.9 Å². The zero-order valence-electron chi connectivity index (χ0n) is 18.3. The molecule has 4 aromatic rings. The SMILES string of the molecule is CC[C@H](C)c1ccc2oc(-c3cc(NC(=O)COc4ccccc4C)ccc3Cl)nc2c1. The molecule has 3 aromatic carbocycles. The van der Waals surface area contributed by atoms with Gasteiger partial charge < -0.3 is 14.5 Å². The van der Waals surface area contributed by atoms with E-state index in [4.69, 9.17) is 20.8 Å². The molecule has 32 heavy (non-hydrogen) atoms. The Hall–Kier alpha value is -3.31. The van der Waals surface area contributed by atoms with Crippen LogP contribution in [0, 0.1) is 6.92 Å². The van der Waals surface area contributed by atoms with Gasteiger partial charge in [-0.1, -0.05) is 49.7 Å². The fourth-order valence-corrected chi connectivity index (χ4v) is 3.63. The standard InChI is InChI=1S/C26H25ClN2O3/c1-4-16(2)18-9-12-24-22(13-18)29-26(32-24)20-14-19(10-11-21(20)27)28-25(30)15-31-23-8-6-5-7-17(23)3/h5-14,16H,4,15H2,1-3H3,(H,28,30)/t16-/m0/s1. The van der Waals surface area contributed by atoms with Gasteiger partial charge in [0.05, 0.1) is 10.6 Å². The Kier molecular flexibility index (Phi) is 6.47. The zero-order valence-corrected chi connectivity index (χ0v) is 19.1. The Labute approximate surface area is 192 Å². The molecular formula is C26H25ClN2O3. The summed E-state index contributed by atoms with van der Waals surface area (Å²) in [7, 11) is 0. The maximum atomic E-state index is 12.4. The number of benzene rings is 3. The van der Waals surface area contributed by atoms with E-state index >= 15 is 0 Å². The summed E-state index contributed by atoms with van der Waals surface area (Å²) in [5.74, 6) is 1.28. The molecule has 4 rings (SSSR count). The maximum absolute atomic E-state index is 12.4. The first-order valence-corrected chi connectivity index (χ1v) is 11.0. The van der Waals surface area contributed by atoms with Crippen molar-refractivity contribution in [2.45, 2.75) is 33.1 Å². The molecule has 5 nitrogen and oxygen atoms in total. The molecule has 1 aromatic heterocycles. The molecule has 0 aliphatic rings. The Balaban J connectivity index is 1.52. The highest BCUT2D eigenvalue weighted by molar-refractivity contribution is 6.33. The number of fused-ring (bicyclic) bond motifs is 1. The van der Waals surface area contributed by atoms with Gasteiger partial charge in [-0.15, -0.1) is 0 Å². The van der Waals surface area contributed by atoms with Crippen LogP contribution in [-0.4, -0.2) is 17.5 Å². The minimum Gasteiger partial charge on any atom is -0.483 e. The lowest BCUT2D eigenvalue weighted by Gasteiger charge is -2.10. The van der Waals surface area contributed by atoms with E-state index in [0.29, 0.717) is 39.4 Å². The van der Waals surface area contributed by atoms with Crippen LogP contribution in [0.4, 0.5) is 5.69 Å². The number of nitrogens with zero attached hydrogens (tertiary/aromatic N) is 1. The summed E-state index contributed by atoms with van der Waals surface area (Å²) in [5.41, 5.74) is 4.89. The van der Waals surface area contributed by atoms with Gasteiger partial charge in [0, 0.05) is 5.69 Å². The lowest BCUT2D eigenvalue weighted by atomic mass is 9.98. The van der Waals surface area contributed by atoms with E-state index in [0.717, 1.165) is 17.5 Å². The average molecular weight is 449 g/mol. The van der Waals surface area contributed by atoms with E-state index in [-0.39, 0.29) is 12.5 Å². The molecule has 0 spiro atoms. The number of ether oxygens (including phenoxy) is 1. The van der Waals surface area contributed by atoms with Crippen LogP contribution in [-0.2, 0) is 4.79 Å². The van der Waals surface area contributed by atoms with Crippen LogP contribution in [0.25, 0.3) is 22.6 Å². The number of rotatable bonds is 7. The second kappa shape index (κ2) is 9.45. The van der Waals surface area contributed by atoms with Gasteiger partial charge in [0.2, 0.25) is 5.89 Å². The summed E-state index contributed by atoms with van der Waals surface area (Å²) in [5, 5.41) is 3.34. The molecule has 0 aliphatic heterocycles. The maximum Gasteiger partial charge on any atom is 0.262 e. The number of halogens is 1. The Morgan fingerprint density at radius 1 is 1.16 bits per heavy atom. The van der Waals surface area contributed by atoms with Crippen molar-refractivity contribution >= 4 is 34.3 Å². The topological polar surface area (TPSA) is 64.4 Å². The number of anilines is 1. The molecule has 0 fully saturated rings. The summed E-state index contributed by atoms with van der Waals surface area (Å²) in [6.45, 7) is 6.19. The highest BCUT2D eigenvalue weighted by Gasteiger charge is 2.15. The highest BCUT2D eigenvalue weighted by atomic mass is 35.5. The van der Waals surface area contributed by atoms with Gasteiger partial charge in [-0.25, -0.2) is 4.98 Å². The monoisotopic (exact) mass is 448 g/mol. The molecule has 1 N–H and O–H groups in total. The van der Waals surface area contributed by atoms with Gasteiger partial charge in [0.15, 0.2) is 12.2 Å². The number of aromatic nitrogens is 1. The number of hydrogen-bond acceptors (Lipinski definition) is 4. The highest BCUT2D eigenvalue weighted by Crippen LogP contribution is 2.33. The van der Waals surface area contributed by atoms with Crippen molar-refractivity contribution in [1.29, 1.82) is 0 Å². The predicted molar refractivity (Wildman–Crippen MR) is 128 cm³/mol. The smallest absolute Gasteiger partial charge is 0.262 e. The van der Waals surface area contributed by atoms with Gasteiger partial charge in [-0.2, -0.15) is 0 Å². The number of amides is 1. The van der Waals surface area contributed by atoms with E-state index in [9.17, 15) is 4.79 Å². The summed E-state index contributed by atoms with van der Waals surface area (Å²) in [4.78, 5) is 17.0. The molecule has 1 heterocycles. The molecule has 0 bridgehead atoms. The van der Waals surface area contributed by atoms with Crippen LogP contribution in [0.3, 0.4) is 0 Å². The number of para-hydroxylation sites is 1. The van der Waals surface area contributed by atoms with Gasteiger partial charge in [0.1, 0.15) is 11.3 Å². The van der Waals surface area contributed by atoms with Crippen molar-refractivity contribution in [3.63, 3.8) is 0 Å². The van der Waals surface area contributed by atoms with Crippen LogP contribution in [0.5, 0.6) is 5.75 Å². The van der Waals surface area contributed by atoms with Crippen molar-refractivity contribution in [2.24, 2.45) is 0 Å².